The molecule has 86 valence electrons. The van der Waals surface area contributed by atoms with Gasteiger partial charge in [0.2, 0.25) is 0 Å². The number of aromatic nitrogens is 2. The Morgan fingerprint density at radius 2 is 1.12 bits per heavy atom. The molecule has 0 fully saturated rings. The summed E-state index contributed by atoms with van der Waals surface area (Å²) in [7, 11) is 0. The summed E-state index contributed by atoms with van der Waals surface area (Å²) in [5, 5.41) is 17.5. The maximum Gasteiger partial charge on any atom is 0.327 e. The maximum atomic E-state index is 8.76. The second kappa shape index (κ2) is 8.11. The van der Waals surface area contributed by atoms with Gasteiger partial charge in [0.1, 0.15) is 0 Å². The van der Waals surface area contributed by atoms with Gasteiger partial charge in [-0.2, -0.15) is 0 Å². The van der Waals surface area contributed by atoms with Gasteiger partial charge in [-0.1, -0.05) is 12.1 Å². The van der Waals surface area contributed by atoms with Crippen molar-refractivity contribution in [1.82, 2.24) is 9.46 Å². The minimum absolute atomic E-state index is 0. The summed E-state index contributed by atoms with van der Waals surface area (Å²) < 4.78 is 2.96. The van der Waals surface area contributed by atoms with Gasteiger partial charge < -0.3 is 10.4 Å². The van der Waals surface area contributed by atoms with Crippen molar-refractivity contribution in [3.8, 4) is 0 Å². The summed E-state index contributed by atoms with van der Waals surface area (Å²) in [6.07, 6.45) is 3.03. The summed E-state index contributed by atoms with van der Waals surface area (Å²) >= 11 is 7.82. The predicted octanol–water partition coefficient (Wildman–Crippen LogP) is 1.07. The second-order valence-electron chi connectivity index (χ2n) is 2.81. The topological polar surface area (TPSA) is 50.3 Å². The number of nitrogens with zero attached hydrogens (tertiary/aromatic N) is 2. The molecule has 4 nitrogen and oxygen atoms in total. The Bertz CT molecular complexity index is 517. The Balaban J connectivity index is 0.000000284. The summed E-state index contributed by atoms with van der Waals surface area (Å²) in [5.74, 6) is 0. The average Bonchev–Trinajstić information content (AvgIpc) is 2.28. The molecule has 17 heavy (non-hydrogen) atoms. The van der Waals surface area contributed by atoms with Gasteiger partial charge in [0, 0.05) is 44.0 Å². The summed E-state index contributed by atoms with van der Waals surface area (Å²) in [5.41, 5.74) is 0. The minimum Gasteiger partial charge on any atom is -0.424 e. The molecule has 0 spiro atoms. The van der Waals surface area contributed by atoms with Crippen LogP contribution in [0.4, 0.5) is 0 Å². The van der Waals surface area contributed by atoms with Crippen molar-refractivity contribution in [2.45, 2.75) is 0 Å². The number of rotatable bonds is 0. The summed E-state index contributed by atoms with van der Waals surface area (Å²) in [6, 6.07) is 10.4. The zero-order chi connectivity index (χ0) is 12.0. The Morgan fingerprint density at radius 3 is 1.29 bits per heavy atom. The molecule has 2 aromatic rings. The fraction of sp³-hybridized carbons (Fsp3) is 0. The Morgan fingerprint density at radius 1 is 0.765 bits per heavy atom. The molecule has 2 aromatic heterocycles. The Labute approximate surface area is 121 Å². The van der Waals surface area contributed by atoms with Crippen LogP contribution < -0.4 is 0 Å². The van der Waals surface area contributed by atoms with E-state index in [0.29, 0.717) is 9.28 Å². The quantitative estimate of drug-likeness (QED) is 0.251. The molecule has 0 saturated carbocycles. The van der Waals surface area contributed by atoms with Gasteiger partial charge in [-0.3, -0.25) is 0 Å². The van der Waals surface area contributed by atoms with Crippen LogP contribution in [0.3, 0.4) is 0 Å². The normalized spacial score (nSPS) is 8.47. The smallest absolute Gasteiger partial charge is 0.327 e. The van der Waals surface area contributed by atoms with Crippen molar-refractivity contribution in [1.29, 1.82) is 0 Å². The van der Waals surface area contributed by atoms with Crippen molar-refractivity contribution >= 4 is 24.4 Å². The molecule has 7 heteroatoms. The SMILES string of the molecule is On1ccccc1=[SH+].On1ccccc1=[SH+].[Zn]. The van der Waals surface area contributed by atoms with E-state index in [9.17, 15) is 0 Å². The summed E-state index contributed by atoms with van der Waals surface area (Å²) in [6.45, 7) is 0. The first-order valence-electron chi connectivity index (χ1n) is 4.39. The monoisotopic (exact) mass is 320 g/mol. The molecule has 0 saturated heterocycles. The van der Waals surface area contributed by atoms with E-state index in [0.717, 1.165) is 9.46 Å². The van der Waals surface area contributed by atoms with E-state index in [1.54, 1.807) is 36.4 Å². The third-order valence-corrected chi connectivity index (χ3v) is 2.34. The molecule has 0 unspecified atom stereocenters. The summed E-state index contributed by atoms with van der Waals surface area (Å²) in [4.78, 5) is 0. The van der Waals surface area contributed by atoms with E-state index in [1.807, 2.05) is 0 Å². The first-order valence-corrected chi connectivity index (χ1v) is 5.28. The van der Waals surface area contributed by atoms with Crippen molar-refractivity contribution in [2.24, 2.45) is 0 Å². The molecular formula is C10H12N2O2S2Zn+2. The number of hydrogen-bond donors (Lipinski definition) is 2. The second-order valence-corrected chi connectivity index (χ2v) is 3.72. The van der Waals surface area contributed by atoms with Gasteiger partial charge in [-0.15, -0.1) is 9.46 Å². The van der Waals surface area contributed by atoms with Gasteiger partial charge >= 0.3 is 9.28 Å². The fourth-order valence-electron chi connectivity index (χ4n) is 0.851. The number of pyridine rings is 2. The molecule has 2 heterocycles. The third-order valence-electron chi connectivity index (χ3n) is 1.64. The number of hydrogen-bond acceptors (Lipinski definition) is 2. The van der Waals surface area contributed by atoms with E-state index in [2.05, 4.69) is 24.4 Å². The van der Waals surface area contributed by atoms with E-state index < -0.39 is 0 Å². The Kier molecular flexibility index (Phi) is 7.62. The standard InChI is InChI=1S/2C5H5NOS.Zn/c2*7-6-4-2-1-3-5(6)8;/h2*1-4,7H;/p+2. The van der Waals surface area contributed by atoms with Crippen LogP contribution >= 0.6 is 0 Å². The Hall–Kier alpha value is -1.04. The van der Waals surface area contributed by atoms with Crippen molar-refractivity contribution in [2.75, 3.05) is 0 Å². The van der Waals surface area contributed by atoms with Crippen LogP contribution in [0.15, 0.2) is 48.8 Å². The maximum absolute atomic E-state index is 8.76. The van der Waals surface area contributed by atoms with Gasteiger partial charge in [-0.05, 0) is 12.1 Å². The molecule has 2 rings (SSSR count). The van der Waals surface area contributed by atoms with Crippen molar-refractivity contribution in [3.63, 3.8) is 0 Å². The molecule has 0 amide bonds. The van der Waals surface area contributed by atoms with E-state index in [4.69, 9.17) is 10.4 Å². The molecule has 0 aliphatic heterocycles. The average molecular weight is 322 g/mol. The first kappa shape index (κ1) is 16.0. The minimum atomic E-state index is 0. The molecule has 0 aliphatic rings. The number of thiol groups is 2. The molecule has 0 aromatic carbocycles. The molecule has 0 atom stereocenters. The molecular weight excluding hydrogens is 310 g/mol. The van der Waals surface area contributed by atoms with Crippen molar-refractivity contribution in [3.05, 3.63) is 58.1 Å². The molecule has 0 bridgehead atoms. The van der Waals surface area contributed by atoms with E-state index >= 15 is 0 Å². The van der Waals surface area contributed by atoms with Gasteiger partial charge in [0.05, 0.1) is 0 Å². The van der Waals surface area contributed by atoms with Crippen LogP contribution in [0.25, 0.3) is 0 Å². The van der Waals surface area contributed by atoms with Crippen LogP contribution in [-0.4, -0.2) is 19.9 Å². The predicted molar refractivity (Wildman–Crippen MR) is 67.2 cm³/mol. The molecule has 0 aliphatic carbocycles. The first-order chi connectivity index (χ1) is 7.61. The van der Waals surface area contributed by atoms with Gasteiger partial charge in [-0.25, -0.2) is 0 Å². The molecule has 2 N–H and O–H groups in total. The third kappa shape index (κ3) is 5.72. The van der Waals surface area contributed by atoms with Gasteiger partial charge in [0.15, 0.2) is 24.4 Å². The largest absolute Gasteiger partial charge is 0.424 e. The van der Waals surface area contributed by atoms with E-state index in [-0.39, 0.29) is 19.5 Å². The van der Waals surface area contributed by atoms with Crippen molar-refractivity contribution < 1.29 is 29.9 Å². The van der Waals surface area contributed by atoms with Crippen LogP contribution in [-0.2, 0) is 43.9 Å². The fourth-order valence-corrected chi connectivity index (χ4v) is 1.16. The zero-order valence-electron chi connectivity index (χ0n) is 9.01. The van der Waals surface area contributed by atoms with Crippen LogP contribution in [0.2, 0.25) is 0 Å². The van der Waals surface area contributed by atoms with Crippen LogP contribution in [0, 0.1) is 9.28 Å². The van der Waals surface area contributed by atoms with Crippen LogP contribution in [0.5, 0.6) is 0 Å². The zero-order valence-corrected chi connectivity index (χ0v) is 13.8. The van der Waals surface area contributed by atoms with E-state index in [1.165, 1.54) is 12.4 Å². The molecule has 0 radical (unpaired) electrons. The van der Waals surface area contributed by atoms with Crippen LogP contribution in [0.1, 0.15) is 0 Å². The van der Waals surface area contributed by atoms with Gasteiger partial charge in [0.25, 0.3) is 0 Å².